The van der Waals surface area contributed by atoms with Gasteiger partial charge < -0.3 is 5.32 Å². The molecule has 6 nitrogen and oxygen atoms in total. The number of rotatable bonds is 5. The lowest BCUT2D eigenvalue weighted by Gasteiger charge is -2.30. The van der Waals surface area contributed by atoms with E-state index in [0.29, 0.717) is 37.4 Å². The Kier molecular flexibility index (Phi) is 5.51. The predicted molar refractivity (Wildman–Crippen MR) is 96.6 cm³/mol. The molecule has 134 valence electrons. The van der Waals surface area contributed by atoms with Gasteiger partial charge in [-0.05, 0) is 31.9 Å². The molecule has 1 N–H and O–H groups in total. The van der Waals surface area contributed by atoms with E-state index in [0.717, 1.165) is 10.7 Å². The zero-order chi connectivity index (χ0) is 17.9. The summed E-state index contributed by atoms with van der Waals surface area (Å²) in [4.78, 5) is 16.9. The van der Waals surface area contributed by atoms with Crippen LogP contribution >= 0.6 is 11.3 Å². The Balaban J connectivity index is 1.54. The molecular weight excluding hydrogens is 358 g/mol. The van der Waals surface area contributed by atoms with Gasteiger partial charge in [-0.2, -0.15) is 4.31 Å². The molecule has 0 radical (unpaired) electrons. The van der Waals surface area contributed by atoms with Gasteiger partial charge in [-0.1, -0.05) is 18.2 Å². The van der Waals surface area contributed by atoms with Gasteiger partial charge in [-0.3, -0.25) is 4.79 Å². The van der Waals surface area contributed by atoms with Crippen LogP contribution < -0.4 is 5.32 Å². The van der Waals surface area contributed by atoms with Gasteiger partial charge in [-0.25, -0.2) is 13.4 Å². The molecule has 2 aromatic rings. The molecule has 1 aliphatic rings. The average Bonchev–Trinajstić information content (AvgIpc) is 3.06. The van der Waals surface area contributed by atoms with Crippen molar-refractivity contribution in [3.63, 3.8) is 0 Å². The third kappa shape index (κ3) is 4.26. The van der Waals surface area contributed by atoms with Crippen molar-refractivity contribution in [1.29, 1.82) is 0 Å². The summed E-state index contributed by atoms with van der Waals surface area (Å²) in [6.45, 7) is 3.09. The fraction of sp³-hybridized carbons (Fsp3) is 0.412. The van der Waals surface area contributed by atoms with Crippen LogP contribution in [0.4, 0.5) is 0 Å². The monoisotopic (exact) mass is 379 g/mol. The van der Waals surface area contributed by atoms with Crippen LogP contribution in [0.25, 0.3) is 0 Å². The highest BCUT2D eigenvalue weighted by Gasteiger charge is 2.31. The molecule has 8 heteroatoms. The molecule has 25 heavy (non-hydrogen) atoms. The molecule has 1 aliphatic heterocycles. The van der Waals surface area contributed by atoms with Crippen molar-refractivity contribution < 1.29 is 13.2 Å². The Morgan fingerprint density at radius 3 is 2.56 bits per heavy atom. The lowest BCUT2D eigenvalue weighted by Crippen LogP contribution is -2.42. The molecular formula is C17H21N3O3S2. The molecule has 1 aromatic carbocycles. The molecule has 1 saturated heterocycles. The lowest BCUT2D eigenvalue weighted by molar-refractivity contribution is -0.126. The van der Waals surface area contributed by atoms with Gasteiger partial charge in [0.25, 0.3) is 0 Å². The number of thiazole rings is 1. The van der Waals surface area contributed by atoms with Crippen LogP contribution in [0.1, 0.15) is 23.5 Å². The topological polar surface area (TPSA) is 79.4 Å². The lowest BCUT2D eigenvalue weighted by atomic mass is 9.97. The molecule has 1 amide bonds. The van der Waals surface area contributed by atoms with Gasteiger partial charge in [-0.15, -0.1) is 11.3 Å². The maximum absolute atomic E-state index is 12.6. The number of piperidine rings is 1. The molecule has 2 heterocycles. The van der Waals surface area contributed by atoms with E-state index in [1.807, 2.05) is 12.3 Å². The Bertz CT molecular complexity index is 826. The molecule has 1 aromatic heterocycles. The molecule has 3 rings (SSSR count). The molecule has 0 bridgehead atoms. The number of amides is 1. The number of benzene rings is 1. The number of aryl methyl sites for hydroxylation is 1. The highest BCUT2D eigenvalue weighted by atomic mass is 32.2. The van der Waals surface area contributed by atoms with Gasteiger partial charge in [0.15, 0.2) is 0 Å². The van der Waals surface area contributed by atoms with Crippen LogP contribution in [-0.2, 0) is 21.4 Å². The second kappa shape index (κ2) is 7.63. The van der Waals surface area contributed by atoms with Crippen molar-refractivity contribution in [2.75, 3.05) is 13.1 Å². The Hall–Kier alpha value is -1.77. The summed E-state index contributed by atoms with van der Waals surface area (Å²) < 4.78 is 26.7. The van der Waals surface area contributed by atoms with Crippen LogP contribution in [0.3, 0.4) is 0 Å². The Morgan fingerprint density at radius 1 is 1.28 bits per heavy atom. The van der Waals surface area contributed by atoms with Gasteiger partial charge in [0.05, 0.1) is 11.4 Å². The maximum Gasteiger partial charge on any atom is 0.243 e. The van der Waals surface area contributed by atoms with E-state index >= 15 is 0 Å². The van der Waals surface area contributed by atoms with Crippen molar-refractivity contribution in [3.05, 3.63) is 46.4 Å². The van der Waals surface area contributed by atoms with E-state index in [1.165, 1.54) is 15.6 Å². The molecule has 0 spiro atoms. The minimum absolute atomic E-state index is 0.0235. The minimum Gasteiger partial charge on any atom is -0.349 e. The van der Waals surface area contributed by atoms with Gasteiger partial charge in [0.1, 0.15) is 5.01 Å². The van der Waals surface area contributed by atoms with Crippen molar-refractivity contribution >= 4 is 27.3 Å². The summed E-state index contributed by atoms with van der Waals surface area (Å²) in [6, 6.07) is 8.43. The first kappa shape index (κ1) is 18.0. The molecule has 0 unspecified atom stereocenters. The summed E-state index contributed by atoms with van der Waals surface area (Å²) in [7, 11) is -3.47. The highest BCUT2D eigenvalue weighted by Crippen LogP contribution is 2.24. The average molecular weight is 380 g/mol. The van der Waals surface area contributed by atoms with Crippen LogP contribution in [0.2, 0.25) is 0 Å². The Labute approximate surface area is 151 Å². The van der Waals surface area contributed by atoms with Gasteiger partial charge in [0, 0.05) is 30.1 Å². The quantitative estimate of drug-likeness (QED) is 0.863. The Morgan fingerprint density at radius 2 is 1.96 bits per heavy atom. The minimum atomic E-state index is -3.47. The third-order valence-corrected chi connectivity index (χ3v) is 7.17. The zero-order valence-corrected chi connectivity index (χ0v) is 15.6. The van der Waals surface area contributed by atoms with E-state index in [4.69, 9.17) is 0 Å². The predicted octanol–water partition coefficient (Wildman–Crippen LogP) is 2.17. The van der Waals surface area contributed by atoms with Crippen molar-refractivity contribution in [2.45, 2.75) is 31.2 Å². The van der Waals surface area contributed by atoms with E-state index in [1.54, 1.807) is 30.3 Å². The van der Waals surface area contributed by atoms with Crippen molar-refractivity contribution in [3.8, 4) is 0 Å². The first-order valence-electron chi connectivity index (χ1n) is 8.21. The third-order valence-electron chi connectivity index (χ3n) is 4.29. The van der Waals surface area contributed by atoms with E-state index in [9.17, 15) is 13.2 Å². The summed E-state index contributed by atoms with van der Waals surface area (Å²) in [5.41, 5.74) is 0.952. The second-order valence-electron chi connectivity index (χ2n) is 6.09. The zero-order valence-electron chi connectivity index (χ0n) is 14.0. The number of hydrogen-bond donors (Lipinski definition) is 1. The molecule has 0 atom stereocenters. The maximum atomic E-state index is 12.6. The standard InChI is InChI=1S/C17H21N3O3S2/c1-13-12-24-16(19-13)11-18-17(21)14-7-9-20(10-8-14)25(22,23)15-5-3-2-4-6-15/h2-6,12,14H,7-11H2,1H3,(H,18,21). The summed E-state index contributed by atoms with van der Waals surface area (Å²) in [6.07, 6.45) is 1.07. The van der Waals surface area contributed by atoms with Crippen LogP contribution in [0.5, 0.6) is 0 Å². The molecule has 0 saturated carbocycles. The van der Waals surface area contributed by atoms with E-state index < -0.39 is 10.0 Å². The highest BCUT2D eigenvalue weighted by molar-refractivity contribution is 7.89. The number of nitrogens with zero attached hydrogens (tertiary/aromatic N) is 2. The number of sulfonamides is 1. The summed E-state index contributed by atoms with van der Waals surface area (Å²) in [5.74, 6) is -0.173. The first-order valence-corrected chi connectivity index (χ1v) is 10.5. The number of carbonyl (C=O) groups excluding carboxylic acids is 1. The fourth-order valence-electron chi connectivity index (χ4n) is 2.89. The van der Waals surface area contributed by atoms with Crippen LogP contribution in [-0.4, -0.2) is 36.7 Å². The van der Waals surface area contributed by atoms with Gasteiger partial charge >= 0.3 is 0 Å². The number of hydrogen-bond acceptors (Lipinski definition) is 5. The number of carbonyl (C=O) groups is 1. The fourth-order valence-corrected chi connectivity index (χ4v) is 5.09. The van der Waals surface area contributed by atoms with Crippen molar-refractivity contribution in [2.24, 2.45) is 5.92 Å². The van der Waals surface area contributed by atoms with Crippen LogP contribution in [0, 0.1) is 12.8 Å². The van der Waals surface area contributed by atoms with Crippen molar-refractivity contribution in [1.82, 2.24) is 14.6 Å². The van der Waals surface area contributed by atoms with E-state index in [2.05, 4.69) is 10.3 Å². The second-order valence-corrected chi connectivity index (χ2v) is 8.97. The molecule has 0 aliphatic carbocycles. The van der Waals surface area contributed by atoms with Crippen LogP contribution in [0.15, 0.2) is 40.6 Å². The molecule has 1 fully saturated rings. The summed E-state index contributed by atoms with van der Waals surface area (Å²) in [5, 5.41) is 5.75. The summed E-state index contributed by atoms with van der Waals surface area (Å²) >= 11 is 1.53. The normalized spacial score (nSPS) is 16.7. The smallest absolute Gasteiger partial charge is 0.243 e. The largest absolute Gasteiger partial charge is 0.349 e. The van der Waals surface area contributed by atoms with Gasteiger partial charge in [0.2, 0.25) is 15.9 Å². The number of aromatic nitrogens is 1. The van der Waals surface area contributed by atoms with E-state index in [-0.39, 0.29) is 11.8 Å². The number of nitrogens with one attached hydrogen (secondary N) is 1. The SMILES string of the molecule is Cc1csc(CNC(=O)C2CCN(S(=O)(=O)c3ccccc3)CC2)n1. The first-order chi connectivity index (χ1) is 12.0.